The average Bonchev–Trinajstić information content (AvgIpc) is 2.61. The van der Waals surface area contributed by atoms with Gasteiger partial charge in [-0.25, -0.2) is 14.4 Å². The quantitative estimate of drug-likeness (QED) is 0.497. The van der Waals surface area contributed by atoms with Crippen molar-refractivity contribution < 1.29 is 9.13 Å². The Hall–Kier alpha value is -3.01. The number of benzene rings is 3. The van der Waals surface area contributed by atoms with Crippen LogP contribution in [0.25, 0.3) is 22.1 Å². The molecule has 4 rings (SSSR count). The molecule has 0 spiro atoms. The van der Waals surface area contributed by atoms with E-state index in [1.54, 1.807) is 6.07 Å². The first kappa shape index (κ1) is 15.5. The Balaban J connectivity index is 1.60. The van der Waals surface area contributed by atoms with Crippen LogP contribution in [0, 0.1) is 5.82 Å². The van der Waals surface area contributed by atoms with Crippen molar-refractivity contribution in [2.75, 3.05) is 0 Å². The summed E-state index contributed by atoms with van der Waals surface area (Å²) in [6, 6.07) is 20.3. The molecule has 0 N–H and O–H groups in total. The summed E-state index contributed by atoms with van der Waals surface area (Å²) in [7, 11) is 0. The summed E-state index contributed by atoms with van der Waals surface area (Å²) in [6.45, 7) is 2.05. The van der Waals surface area contributed by atoms with Gasteiger partial charge in [-0.05, 0) is 36.8 Å². The fourth-order valence-corrected chi connectivity index (χ4v) is 2.92. The van der Waals surface area contributed by atoms with Crippen LogP contribution in [0.15, 0.2) is 66.7 Å². The van der Waals surface area contributed by atoms with Gasteiger partial charge in [-0.15, -0.1) is 0 Å². The molecule has 0 aliphatic rings. The molecule has 4 aromatic rings. The zero-order chi connectivity index (χ0) is 17.2. The molecule has 3 nitrogen and oxygen atoms in total. The van der Waals surface area contributed by atoms with E-state index in [1.165, 1.54) is 17.7 Å². The summed E-state index contributed by atoms with van der Waals surface area (Å²) in [4.78, 5) is 9.03. The molecule has 0 bridgehead atoms. The smallest absolute Gasteiger partial charge is 0.125 e. The zero-order valence-electron chi connectivity index (χ0n) is 13.8. The van der Waals surface area contributed by atoms with Crippen LogP contribution in [0.5, 0.6) is 5.75 Å². The lowest BCUT2D eigenvalue weighted by Gasteiger charge is -2.15. The Kier molecular flexibility index (Phi) is 4.02. The van der Waals surface area contributed by atoms with E-state index in [-0.39, 0.29) is 11.9 Å². The number of halogens is 1. The number of nitrogens with zero attached hydrogens (tertiary/aromatic N) is 2. The molecule has 124 valence electrons. The van der Waals surface area contributed by atoms with Crippen molar-refractivity contribution in [3.8, 4) is 5.75 Å². The van der Waals surface area contributed by atoms with Gasteiger partial charge in [0.2, 0.25) is 0 Å². The SMILES string of the molecule is C[C@H](Cc1ccccc1)Oc1ccc2nc3cc(F)ccc3nc2c1. The number of hydrogen-bond acceptors (Lipinski definition) is 3. The molecule has 1 aromatic heterocycles. The fraction of sp³-hybridized carbons (Fsp3) is 0.143. The largest absolute Gasteiger partial charge is 0.490 e. The first-order chi connectivity index (χ1) is 12.2. The van der Waals surface area contributed by atoms with Gasteiger partial charge in [-0.3, -0.25) is 0 Å². The molecule has 4 heteroatoms. The molecule has 0 aliphatic carbocycles. The summed E-state index contributed by atoms with van der Waals surface area (Å²) in [5, 5.41) is 0. The summed E-state index contributed by atoms with van der Waals surface area (Å²) in [5.74, 6) is 0.447. The van der Waals surface area contributed by atoms with Crippen molar-refractivity contribution in [2.45, 2.75) is 19.4 Å². The average molecular weight is 332 g/mol. The van der Waals surface area contributed by atoms with Crippen LogP contribution in [0.4, 0.5) is 4.39 Å². The maximum atomic E-state index is 13.3. The second kappa shape index (κ2) is 6.48. The first-order valence-corrected chi connectivity index (χ1v) is 8.25. The van der Waals surface area contributed by atoms with Crippen molar-refractivity contribution in [2.24, 2.45) is 0 Å². The van der Waals surface area contributed by atoms with E-state index in [4.69, 9.17) is 4.74 Å². The fourth-order valence-electron chi connectivity index (χ4n) is 2.92. The highest BCUT2D eigenvalue weighted by Crippen LogP contribution is 2.22. The van der Waals surface area contributed by atoms with Crippen LogP contribution in [0.2, 0.25) is 0 Å². The molecule has 3 aromatic carbocycles. The number of rotatable bonds is 4. The van der Waals surface area contributed by atoms with E-state index in [2.05, 4.69) is 22.1 Å². The first-order valence-electron chi connectivity index (χ1n) is 8.25. The Bertz CT molecular complexity index is 1030. The van der Waals surface area contributed by atoms with Crippen molar-refractivity contribution in [1.82, 2.24) is 9.97 Å². The van der Waals surface area contributed by atoms with Crippen molar-refractivity contribution in [1.29, 1.82) is 0 Å². The predicted molar refractivity (Wildman–Crippen MR) is 97.2 cm³/mol. The van der Waals surface area contributed by atoms with Gasteiger partial charge in [0.15, 0.2) is 0 Å². The van der Waals surface area contributed by atoms with Gasteiger partial charge in [0.25, 0.3) is 0 Å². The zero-order valence-corrected chi connectivity index (χ0v) is 13.8. The summed E-state index contributed by atoms with van der Waals surface area (Å²) < 4.78 is 19.4. The van der Waals surface area contributed by atoms with Crippen molar-refractivity contribution >= 4 is 22.1 Å². The van der Waals surface area contributed by atoms with Crippen LogP contribution in [0.3, 0.4) is 0 Å². The van der Waals surface area contributed by atoms with E-state index in [0.717, 1.165) is 23.2 Å². The molecule has 0 radical (unpaired) electrons. The molecule has 0 amide bonds. The van der Waals surface area contributed by atoms with Crippen LogP contribution < -0.4 is 4.74 Å². The molecule has 0 fully saturated rings. The summed E-state index contributed by atoms with van der Waals surface area (Å²) in [6.07, 6.45) is 0.879. The second-order valence-corrected chi connectivity index (χ2v) is 6.13. The van der Waals surface area contributed by atoms with Gasteiger partial charge < -0.3 is 4.74 Å². The van der Waals surface area contributed by atoms with Gasteiger partial charge in [0, 0.05) is 18.6 Å². The molecular formula is C21H17FN2O. The highest BCUT2D eigenvalue weighted by molar-refractivity contribution is 5.86. The Morgan fingerprint density at radius 3 is 2.28 bits per heavy atom. The van der Waals surface area contributed by atoms with Crippen molar-refractivity contribution in [3.63, 3.8) is 0 Å². The van der Waals surface area contributed by atoms with Crippen molar-refractivity contribution in [3.05, 3.63) is 78.1 Å². The highest BCUT2D eigenvalue weighted by Gasteiger charge is 2.08. The van der Waals surface area contributed by atoms with E-state index in [1.807, 2.05) is 43.3 Å². The minimum atomic E-state index is -0.309. The number of ether oxygens (including phenoxy) is 1. The van der Waals surface area contributed by atoms with E-state index in [0.29, 0.717) is 11.0 Å². The third kappa shape index (κ3) is 3.43. The van der Waals surface area contributed by atoms with Crippen LogP contribution in [-0.2, 0) is 6.42 Å². The van der Waals surface area contributed by atoms with E-state index in [9.17, 15) is 4.39 Å². The monoisotopic (exact) mass is 332 g/mol. The Morgan fingerprint density at radius 1 is 0.840 bits per heavy atom. The normalized spacial score (nSPS) is 12.4. The molecule has 0 saturated heterocycles. The topological polar surface area (TPSA) is 35.0 Å². The van der Waals surface area contributed by atoms with Crippen LogP contribution >= 0.6 is 0 Å². The van der Waals surface area contributed by atoms with Crippen LogP contribution in [0.1, 0.15) is 12.5 Å². The minimum Gasteiger partial charge on any atom is -0.490 e. The molecule has 25 heavy (non-hydrogen) atoms. The predicted octanol–water partition coefficient (Wildman–Crippen LogP) is 4.93. The minimum absolute atomic E-state index is 0.0439. The lowest BCUT2D eigenvalue weighted by molar-refractivity contribution is 0.222. The molecule has 0 unspecified atom stereocenters. The van der Waals surface area contributed by atoms with Gasteiger partial charge in [0.05, 0.1) is 28.2 Å². The lowest BCUT2D eigenvalue weighted by Crippen LogP contribution is -2.15. The Morgan fingerprint density at radius 2 is 1.52 bits per heavy atom. The second-order valence-electron chi connectivity index (χ2n) is 6.13. The molecule has 0 saturated carbocycles. The molecule has 1 atom stereocenters. The third-order valence-corrected chi connectivity index (χ3v) is 4.07. The van der Waals surface area contributed by atoms with Gasteiger partial charge >= 0.3 is 0 Å². The maximum absolute atomic E-state index is 13.3. The maximum Gasteiger partial charge on any atom is 0.125 e. The van der Waals surface area contributed by atoms with E-state index >= 15 is 0 Å². The number of fused-ring (bicyclic) bond motifs is 2. The highest BCUT2D eigenvalue weighted by atomic mass is 19.1. The summed E-state index contributed by atoms with van der Waals surface area (Å²) in [5.41, 5.74) is 3.93. The summed E-state index contributed by atoms with van der Waals surface area (Å²) >= 11 is 0. The molecule has 0 aliphatic heterocycles. The molecular weight excluding hydrogens is 315 g/mol. The van der Waals surface area contributed by atoms with E-state index < -0.39 is 0 Å². The lowest BCUT2D eigenvalue weighted by atomic mass is 10.1. The molecule has 1 heterocycles. The van der Waals surface area contributed by atoms with Gasteiger partial charge in [-0.2, -0.15) is 0 Å². The Labute approximate surface area is 145 Å². The number of aromatic nitrogens is 2. The third-order valence-electron chi connectivity index (χ3n) is 4.07. The van der Waals surface area contributed by atoms with Crippen LogP contribution in [-0.4, -0.2) is 16.1 Å². The van der Waals surface area contributed by atoms with Gasteiger partial charge in [0.1, 0.15) is 11.6 Å². The van der Waals surface area contributed by atoms with Gasteiger partial charge in [-0.1, -0.05) is 30.3 Å². The standard InChI is InChI=1S/C21H17FN2O/c1-14(11-15-5-3-2-4-6-15)25-17-8-10-19-21(13-17)24-18-9-7-16(22)12-20(18)23-19/h2-10,12-14H,11H2,1H3/t14-/m1/s1. The number of hydrogen-bond donors (Lipinski definition) is 0.